The summed E-state index contributed by atoms with van der Waals surface area (Å²) in [7, 11) is -2.09. The van der Waals surface area contributed by atoms with Crippen molar-refractivity contribution in [3.63, 3.8) is 0 Å². The number of benzene rings is 2. The van der Waals surface area contributed by atoms with E-state index in [0.717, 1.165) is 45.4 Å². The smallest absolute Gasteiger partial charge is 0.324 e. The molecule has 2 aliphatic carbocycles. The van der Waals surface area contributed by atoms with Gasteiger partial charge in [-0.25, -0.2) is 4.79 Å². The molecule has 0 heterocycles. The highest BCUT2D eigenvalue weighted by Crippen LogP contribution is 2.53. The van der Waals surface area contributed by atoms with Gasteiger partial charge < -0.3 is 10.6 Å². The van der Waals surface area contributed by atoms with Crippen molar-refractivity contribution in [1.82, 2.24) is 0 Å². The normalized spacial score (nSPS) is 22.7. The van der Waals surface area contributed by atoms with E-state index in [-0.39, 0.29) is 5.92 Å². The van der Waals surface area contributed by atoms with E-state index in [1.165, 1.54) is 0 Å². The summed E-state index contributed by atoms with van der Waals surface area (Å²) >= 11 is 6.81. The van der Waals surface area contributed by atoms with E-state index < -0.39 is 25.4 Å². The van der Waals surface area contributed by atoms with Crippen LogP contribution in [0.15, 0.2) is 73.2 Å². The second-order valence-corrected chi connectivity index (χ2v) is 17.1. The molecule has 0 bridgehead atoms. The Labute approximate surface area is 229 Å². The molecule has 2 aliphatic rings. The molecular formula is C27H28Br2N4O2Si. The van der Waals surface area contributed by atoms with Crippen LogP contribution in [0.25, 0.3) is 0 Å². The Morgan fingerprint density at radius 3 is 2.06 bits per heavy atom. The summed E-state index contributed by atoms with van der Waals surface area (Å²) in [6.07, 6.45) is 3.49. The molecule has 6 nitrogen and oxygen atoms in total. The van der Waals surface area contributed by atoms with Crippen LogP contribution in [0.1, 0.15) is 25.7 Å². The van der Waals surface area contributed by atoms with Crippen LogP contribution in [0.4, 0.5) is 16.2 Å². The minimum Gasteiger partial charge on any atom is -0.324 e. The van der Waals surface area contributed by atoms with Gasteiger partial charge in [0.15, 0.2) is 5.41 Å². The topological polar surface area (TPSA) is 94.3 Å². The molecule has 36 heavy (non-hydrogen) atoms. The van der Waals surface area contributed by atoms with Crippen LogP contribution < -0.4 is 10.6 Å². The molecule has 0 aromatic heterocycles. The number of hydrogen-bond acceptors (Lipinski definition) is 3. The lowest BCUT2D eigenvalue weighted by molar-refractivity contribution is -0.121. The van der Waals surface area contributed by atoms with Gasteiger partial charge in [-0.1, -0.05) is 63.5 Å². The summed E-state index contributed by atoms with van der Waals surface area (Å²) in [6, 6.07) is 16.2. The van der Waals surface area contributed by atoms with E-state index in [2.05, 4.69) is 73.2 Å². The second kappa shape index (κ2) is 10.4. The van der Waals surface area contributed by atoms with Gasteiger partial charge in [-0.05, 0) is 73.0 Å². The monoisotopic (exact) mass is 626 g/mol. The first-order valence-electron chi connectivity index (χ1n) is 11.9. The fourth-order valence-electron chi connectivity index (χ4n) is 5.28. The largest absolute Gasteiger partial charge is 0.345 e. The maximum absolute atomic E-state index is 14.0. The zero-order valence-corrected chi connectivity index (χ0v) is 24.7. The predicted octanol–water partition coefficient (Wildman–Crippen LogP) is 7.71. The Kier molecular flexibility index (Phi) is 7.69. The van der Waals surface area contributed by atoms with Gasteiger partial charge in [-0.3, -0.25) is 4.79 Å². The molecule has 0 saturated heterocycles. The number of nitrogens with zero attached hydrogens (tertiary/aromatic N) is 2. The van der Waals surface area contributed by atoms with E-state index in [9.17, 15) is 14.9 Å². The van der Waals surface area contributed by atoms with Crippen molar-refractivity contribution in [3.8, 4) is 6.07 Å². The summed E-state index contributed by atoms with van der Waals surface area (Å²) in [4.78, 5) is 31.7. The van der Waals surface area contributed by atoms with Crippen molar-refractivity contribution in [1.29, 1.82) is 5.26 Å². The first kappa shape index (κ1) is 26.5. The minimum absolute atomic E-state index is 0.285. The maximum atomic E-state index is 14.0. The molecular weight excluding hydrogens is 600 g/mol. The third kappa shape index (κ3) is 5.12. The third-order valence-electron chi connectivity index (χ3n) is 6.76. The van der Waals surface area contributed by atoms with Gasteiger partial charge in [-0.2, -0.15) is 10.3 Å². The molecule has 0 spiro atoms. The van der Waals surface area contributed by atoms with Crippen molar-refractivity contribution >= 4 is 69.0 Å². The number of carbonyl (C=O) groups excluding carboxylic acids is 2. The number of hydrogen-bond donors (Lipinski definition) is 2. The lowest BCUT2D eigenvalue weighted by atomic mass is 9.69. The highest BCUT2D eigenvalue weighted by molar-refractivity contribution is 9.10. The molecule has 3 amide bonds. The summed E-state index contributed by atoms with van der Waals surface area (Å²) in [6.45, 7) is 6.55. The molecule has 2 aromatic carbocycles. The Balaban J connectivity index is 1.82. The molecule has 4 rings (SSSR count). The molecule has 0 radical (unpaired) electrons. The number of urea groups is 1. The molecule has 1 fully saturated rings. The van der Waals surface area contributed by atoms with Crippen molar-refractivity contribution in [2.75, 3.05) is 10.6 Å². The van der Waals surface area contributed by atoms with E-state index in [4.69, 9.17) is 0 Å². The SMILES string of the molecule is C[Si](C)(C)C1=C2CCCCC2C(C#N)(C(=O)Nc2ccc(Br)cc2)/C1=N/C(=O)Nc1ccc(Br)cc1. The Morgan fingerprint density at radius 1 is 0.972 bits per heavy atom. The number of rotatable bonds is 4. The number of halogens is 2. The standard InChI is InChI=1S/C27H28Br2N4O2Si/c1-36(2,3)23-21-6-4-5-7-22(21)27(16-30,25(34)31-19-12-8-17(28)9-13-19)24(23)33-26(35)32-20-14-10-18(29)11-15-20/h8-15,22H,4-7H2,1-3H3,(H,31,34)(H,32,35)/b33-24+. The zero-order valence-electron chi connectivity index (χ0n) is 20.5. The molecule has 2 N–H and O–H groups in total. The van der Waals surface area contributed by atoms with Crippen LogP contribution in [-0.4, -0.2) is 25.7 Å². The summed E-state index contributed by atoms with van der Waals surface area (Å²) in [5.74, 6) is -0.715. The lowest BCUT2D eigenvalue weighted by Gasteiger charge is -2.32. The van der Waals surface area contributed by atoms with E-state index in [1.807, 2.05) is 24.3 Å². The Morgan fingerprint density at radius 2 is 1.53 bits per heavy atom. The predicted molar refractivity (Wildman–Crippen MR) is 154 cm³/mol. The molecule has 186 valence electrons. The fraction of sp³-hybridized carbons (Fsp3) is 0.333. The third-order valence-corrected chi connectivity index (χ3v) is 9.87. The first-order chi connectivity index (χ1) is 17.1. The van der Waals surface area contributed by atoms with Gasteiger partial charge >= 0.3 is 6.03 Å². The van der Waals surface area contributed by atoms with Crippen LogP contribution in [0.3, 0.4) is 0 Å². The number of carbonyl (C=O) groups is 2. The molecule has 1 saturated carbocycles. The van der Waals surface area contributed by atoms with E-state index in [0.29, 0.717) is 17.1 Å². The summed E-state index contributed by atoms with van der Waals surface area (Å²) < 4.78 is 1.78. The number of aliphatic imine (C=N–C) groups is 1. The average molecular weight is 628 g/mol. The minimum atomic E-state index is -2.09. The van der Waals surface area contributed by atoms with Crippen molar-refractivity contribution in [2.45, 2.75) is 45.3 Å². The van der Waals surface area contributed by atoms with Crippen LogP contribution in [0.2, 0.25) is 19.6 Å². The fourth-order valence-corrected chi connectivity index (χ4v) is 8.04. The van der Waals surface area contributed by atoms with Crippen LogP contribution in [-0.2, 0) is 4.79 Å². The van der Waals surface area contributed by atoms with Gasteiger partial charge in [0.25, 0.3) is 5.91 Å². The summed E-state index contributed by atoms with van der Waals surface area (Å²) in [5, 5.41) is 17.4. The van der Waals surface area contributed by atoms with E-state index >= 15 is 0 Å². The van der Waals surface area contributed by atoms with Crippen molar-refractivity contribution in [3.05, 3.63) is 68.2 Å². The van der Waals surface area contributed by atoms with Gasteiger partial charge in [0.1, 0.15) is 0 Å². The average Bonchev–Trinajstić information content (AvgIpc) is 3.12. The number of allylic oxidation sites excluding steroid dienone is 2. The molecule has 9 heteroatoms. The van der Waals surface area contributed by atoms with Crippen molar-refractivity contribution in [2.24, 2.45) is 16.3 Å². The quantitative estimate of drug-likeness (QED) is 0.340. The summed E-state index contributed by atoms with van der Waals surface area (Å²) in [5.41, 5.74) is 1.09. The number of anilines is 2. The molecule has 2 aromatic rings. The van der Waals surface area contributed by atoms with E-state index in [1.54, 1.807) is 24.3 Å². The number of amides is 3. The highest BCUT2D eigenvalue weighted by Gasteiger charge is 2.60. The first-order valence-corrected chi connectivity index (χ1v) is 17.0. The van der Waals surface area contributed by atoms with Crippen molar-refractivity contribution < 1.29 is 9.59 Å². The maximum Gasteiger partial charge on any atom is 0.345 e. The number of nitrogens with one attached hydrogen (secondary N) is 2. The van der Waals surface area contributed by atoms with Crippen LogP contribution in [0.5, 0.6) is 0 Å². The number of nitriles is 1. The zero-order chi connectivity index (χ0) is 26.1. The molecule has 0 aliphatic heterocycles. The van der Waals surface area contributed by atoms with Gasteiger partial charge in [0, 0.05) is 26.2 Å². The van der Waals surface area contributed by atoms with Gasteiger partial charge in [0.2, 0.25) is 0 Å². The molecule has 2 unspecified atom stereocenters. The second-order valence-electron chi connectivity index (χ2n) is 10.2. The molecule has 2 atom stereocenters. The van der Waals surface area contributed by atoms with Gasteiger partial charge in [-0.15, -0.1) is 0 Å². The number of fused-ring (bicyclic) bond motifs is 1. The van der Waals surface area contributed by atoms with Crippen LogP contribution >= 0.6 is 31.9 Å². The van der Waals surface area contributed by atoms with Gasteiger partial charge in [0.05, 0.1) is 19.9 Å². The van der Waals surface area contributed by atoms with Crippen LogP contribution in [0, 0.1) is 22.7 Å². The lowest BCUT2D eigenvalue weighted by Crippen LogP contribution is -2.47. The Bertz CT molecular complexity index is 1290. The highest BCUT2D eigenvalue weighted by atomic mass is 79.9. The Hall–Kier alpha value is -2.54.